The largest absolute Gasteiger partial charge is 0.330 e. The van der Waals surface area contributed by atoms with Gasteiger partial charge in [-0.25, -0.2) is 0 Å². The maximum atomic E-state index is 11.2. The van der Waals surface area contributed by atoms with Crippen molar-refractivity contribution in [3.63, 3.8) is 0 Å². The van der Waals surface area contributed by atoms with Gasteiger partial charge >= 0.3 is 0 Å². The van der Waals surface area contributed by atoms with E-state index in [4.69, 9.17) is 12.2 Å². The minimum Gasteiger partial charge on any atom is -0.330 e. The molecule has 0 radical (unpaired) electrons. The first kappa shape index (κ1) is 10.2. The highest BCUT2D eigenvalue weighted by molar-refractivity contribution is 5.81. The molecule has 1 unspecified atom stereocenters. The lowest BCUT2D eigenvalue weighted by atomic mass is 9.98. The number of hydrogen-bond donors (Lipinski definition) is 1. The highest BCUT2D eigenvalue weighted by Crippen LogP contribution is 2.05. The zero-order chi connectivity index (χ0) is 8.69. The number of terminal acetylenes is 1. The molecule has 62 valence electrons. The standard InChI is InChI=1S/C9H15NO/c1-3-5-6-9(11)8(4-2)7-10/h1,8H,4-7,10H2,2H3. The predicted molar refractivity (Wildman–Crippen MR) is 45.9 cm³/mol. The van der Waals surface area contributed by atoms with Crippen molar-refractivity contribution in [1.29, 1.82) is 0 Å². The van der Waals surface area contributed by atoms with Crippen LogP contribution in [0.4, 0.5) is 0 Å². The zero-order valence-electron chi connectivity index (χ0n) is 6.97. The number of carbonyl (C=O) groups is 1. The van der Waals surface area contributed by atoms with Gasteiger partial charge in [0, 0.05) is 25.3 Å². The van der Waals surface area contributed by atoms with Gasteiger partial charge in [0.2, 0.25) is 0 Å². The molecule has 0 aliphatic heterocycles. The molecule has 0 fully saturated rings. The van der Waals surface area contributed by atoms with Gasteiger partial charge in [-0.05, 0) is 6.42 Å². The normalized spacial score (nSPS) is 12.1. The molecule has 0 aromatic heterocycles. The first-order chi connectivity index (χ1) is 5.26. The Hall–Kier alpha value is -0.810. The summed E-state index contributed by atoms with van der Waals surface area (Å²) in [4.78, 5) is 11.2. The smallest absolute Gasteiger partial charge is 0.138 e. The van der Waals surface area contributed by atoms with E-state index in [1.807, 2.05) is 6.92 Å². The van der Waals surface area contributed by atoms with Crippen LogP contribution in [0.5, 0.6) is 0 Å². The Bertz CT molecular complexity index is 153. The molecule has 1 atom stereocenters. The summed E-state index contributed by atoms with van der Waals surface area (Å²) in [5.74, 6) is 2.66. The first-order valence-corrected chi connectivity index (χ1v) is 3.92. The molecule has 0 aliphatic carbocycles. The lowest BCUT2D eigenvalue weighted by Crippen LogP contribution is -2.22. The second-order valence-electron chi connectivity index (χ2n) is 2.51. The second-order valence-corrected chi connectivity index (χ2v) is 2.51. The van der Waals surface area contributed by atoms with Gasteiger partial charge in [0.25, 0.3) is 0 Å². The van der Waals surface area contributed by atoms with Gasteiger partial charge in [-0.15, -0.1) is 12.3 Å². The monoisotopic (exact) mass is 153 g/mol. The minimum atomic E-state index is 0.0170. The number of nitrogens with two attached hydrogens (primary N) is 1. The number of hydrogen-bond acceptors (Lipinski definition) is 2. The highest BCUT2D eigenvalue weighted by Gasteiger charge is 2.12. The van der Waals surface area contributed by atoms with Crippen molar-refractivity contribution < 1.29 is 4.79 Å². The van der Waals surface area contributed by atoms with Crippen molar-refractivity contribution in [1.82, 2.24) is 0 Å². The van der Waals surface area contributed by atoms with Gasteiger partial charge in [0.1, 0.15) is 5.78 Å². The van der Waals surface area contributed by atoms with Crippen LogP contribution in [0.2, 0.25) is 0 Å². The van der Waals surface area contributed by atoms with E-state index in [0.29, 0.717) is 19.4 Å². The summed E-state index contributed by atoms with van der Waals surface area (Å²) in [6, 6.07) is 0. The predicted octanol–water partition coefficient (Wildman–Crippen LogP) is 0.954. The van der Waals surface area contributed by atoms with Crippen LogP contribution in [-0.4, -0.2) is 12.3 Å². The molecule has 0 saturated carbocycles. The zero-order valence-corrected chi connectivity index (χ0v) is 6.97. The molecule has 0 rings (SSSR count). The summed E-state index contributed by atoms with van der Waals surface area (Å²) in [5, 5.41) is 0. The molecule has 2 N–H and O–H groups in total. The Morgan fingerprint density at radius 3 is 2.73 bits per heavy atom. The summed E-state index contributed by atoms with van der Waals surface area (Å²) in [5.41, 5.74) is 5.38. The Kier molecular flexibility index (Phi) is 5.50. The van der Waals surface area contributed by atoms with Crippen molar-refractivity contribution in [2.24, 2.45) is 11.7 Å². The summed E-state index contributed by atoms with van der Waals surface area (Å²) in [6.45, 7) is 2.41. The average Bonchev–Trinajstić information content (AvgIpc) is 2.03. The molecule has 0 heterocycles. The van der Waals surface area contributed by atoms with Crippen molar-refractivity contribution in [2.45, 2.75) is 26.2 Å². The van der Waals surface area contributed by atoms with E-state index in [0.717, 1.165) is 6.42 Å². The molecular formula is C9H15NO. The lowest BCUT2D eigenvalue weighted by molar-refractivity contribution is -0.122. The Balaban J connectivity index is 3.72. The van der Waals surface area contributed by atoms with Gasteiger partial charge in [-0.1, -0.05) is 6.92 Å². The van der Waals surface area contributed by atoms with E-state index in [1.165, 1.54) is 0 Å². The minimum absolute atomic E-state index is 0.0170. The molecule has 11 heavy (non-hydrogen) atoms. The van der Waals surface area contributed by atoms with Gasteiger partial charge in [-0.3, -0.25) is 4.79 Å². The van der Waals surface area contributed by atoms with Gasteiger partial charge in [0.15, 0.2) is 0 Å². The molecule has 2 heteroatoms. The van der Waals surface area contributed by atoms with Crippen LogP contribution in [0, 0.1) is 18.3 Å². The third-order valence-corrected chi connectivity index (χ3v) is 1.75. The Morgan fingerprint density at radius 2 is 2.36 bits per heavy atom. The summed E-state index contributed by atoms with van der Waals surface area (Å²) in [6.07, 6.45) is 6.86. The number of Topliss-reactive ketones (excluding diaryl/α,β-unsaturated/α-hetero) is 1. The van der Waals surface area contributed by atoms with E-state index in [9.17, 15) is 4.79 Å². The maximum absolute atomic E-state index is 11.2. The fourth-order valence-corrected chi connectivity index (χ4v) is 0.925. The topological polar surface area (TPSA) is 43.1 Å². The molecule has 0 spiro atoms. The molecule has 0 bridgehead atoms. The average molecular weight is 153 g/mol. The van der Waals surface area contributed by atoms with Crippen LogP contribution in [-0.2, 0) is 4.79 Å². The Labute approximate surface area is 68.2 Å². The van der Waals surface area contributed by atoms with Gasteiger partial charge in [0.05, 0.1) is 0 Å². The summed E-state index contributed by atoms with van der Waals surface area (Å²) < 4.78 is 0. The van der Waals surface area contributed by atoms with Crippen LogP contribution >= 0.6 is 0 Å². The van der Waals surface area contributed by atoms with Crippen LogP contribution in [0.1, 0.15) is 26.2 Å². The molecule has 0 saturated heterocycles. The van der Waals surface area contributed by atoms with Gasteiger partial charge in [-0.2, -0.15) is 0 Å². The lowest BCUT2D eigenvalue weighted by Gasteiger charge is -2.08. The van der Waals surface area contributed by atoms with E-state index in [1.54, 1.807) is 0 Å². The van der Waals surface area contributed by atoms with Crippen molar-refractivity contribution in [2.75, 3.05) is 6.54 Å². The van der Waals surface area contributed by atoms with Crippen LogP contribution in [0.25, 0.3) is 0 Å². The number of rotatable bonds is 5. The van der Waals surface area contributed by atoms with E-state index in [2.05, 4.69) is 5.92 Å². The number of carbonyl (C=O) groups excluding carboxylic acids is 1. The van der Waals surface area contributed by atoms with E-state index in [-0.39, 0.29) is 11.7 Å². The molecule has 0 aliphatic rings. The third kappa shape index (κ3) is 3.79. The van der Waals surface area contributed by atoms with Crippen LogP contribution < -0.4 is 5.73 Å². The van der Waals surface area contributed by atoms with Crippen molar-refractivity contribution in [3.8, 4) is 12.3 Å². The third-order valence-electron chi connectivity index (χ3n) is 1.75. The Morgan fingerprint density at radius 1 is 1.73 bits per heavy atom. The van der Waals surface area contributed by atoms with Gasteiger partial charge < -0.3 is 5.73 Å². The maximum Gasteiger partial charge on any atom is 0.138 e. The first-order valence-electron chi connectivity index (χ1n) is 3.92. The summed E-state index contributed by atoms with van der Waals surface area (Å²) >= 11 is 0. The summed E-state index contributed by atoms with van der Waals surface area (Å²) in [7, 11) is 0. The molecule has 0 aromatic rings. The van der Waals surface area contributed by atoms with E-state index >= 15 is 0 Å². The van der Waals surface area contributed by atoms with Crippen molar-refractivity contribution >= 4 is 5.78 Å². The number of ketones is 1. The van der Waals surface area contributed by atoms with E-state index < -0.39 is 0 Å². The second kappa shape index (κ2) is 5.94. The van der Waals surface area contributed by atoms with Crippen molar-refractivity contribution in [3.05, 3.63) is 0 Å². The van der Waals surface area contributed by atoms with Crippen LogP contribution in [0.3, 0.4) is 0 Å². The molecular weight excluding hydrogens is 138 g/mol. The SMILES string of the molecule is C#CCCC(=O)C(CC)CN. The molecule has 0 aromatic carbocycles. The molecule has 0 amide bonds. The fourth-order valence-electron chi connectivity index (χ4n) is 0.925. The quantitative estimate of drug-likeness (QED) is 0.598. The van der Waals surface area contributed by atoms with Crippen LogP contribution in [0.15, 0.2) is 0 Å². The molecule has 2 nitrogen and oxygen atoms in total. The highest BCUT2D eigenvalue weighted by atomic mass is 16.1. The fraction of sp³-hybridized carbons (Fsp3) is 0.667.